The Morgan fingerprint density at radius 1 is 0.435 bits per heavy atom. The highest BCUT2D eigenvalue weighted by Crippen LogP contribution is 2.64. The summed E-state index contributed by atoms with van der Waals surface area (Å²) in [6, 6.07) is 0. The third kappa shape index (κ3) is 2.29. The van der Waals surface area contributed by atoms with Crippen molar-refractivity contribution in [3.63, 3.8) is 0 Å². The van der Waals surface area contributed by atoms with E-state index in [0.29, 0.717) is 0 Å². The minimum absolute atomic E-state index is 0.844. The van der Waals surface area contributed by atoms with Crippen molar-refractivity contribution in [1.29, 1.82) is 0 Å². The molecule has 0 unspecified atom stereocenters. The summed E-state index contributed by atoms with van der Waals surface area (Å²) in [4.78, 5) is 0. The van der Waals surface area contributed by atoms with Gasteiger partial charge in [0, 0.05) is 0 Å². The molecule has 0 heteroatoms. The molecule has 0 saturated heterocycles. The third-order valence-electron chi connectivity index (χ3n) is 9.74. The van der Waals surface area contributed by atoms with Gasteiger partial charge in [-0.3, -0.25) is 0 Å². The van der Waals surface area contributed by atoms with E-state index in [1.165, 1.54) is 0 Å². The van der Waals surface area contributed by atoms with E-state index in [4.69, 9.17) is 0 Å². The first kappa shape index (κ1) is 14.2. The van der Waals surface area contributed by atoms with Crippen LogP contribution in [0.4, 0.5) is 0 Å². The maximum atomic E-state index is 1.64. The molecule has 23 heavy (non-hydrogen) atoms. The smallest absolute Gasteiger partial charge is 0.0290 e. The van der Waals surface area contributed by atoms with Gasteiger partial charge in [-0.1, -0.05) is 6.42 Å². The summed E-state index contributed by atoms with van der Waals surface area (Å²) in [5, 5.41) is 0. The maximum Gasteiger partial charge on any atom is -0.0290 e. The van der Waals surface area contributed by atoms with Crippen LogP contribution < -0.4 is 0 Å². The Labute approximate surface area is 143 Å². The van der Waals surface area contributed by atoms with Gasteiger partial charge in [-0.15, -0.1) is 0 Å². The quantitative estimate of drug-likeness (QED) is 0.549. The second-order valence-electron chi connectivity index (χ2n) is 11.7. The molecule has 8 fully saturated rings. The summed E-state index contributed by atoms with van der Waals surface area (Å²) < 4.78 is 0. The van der Waals surface area contributed by atoms with Gasteiger partial charge in [-0.25, -0.2) is 0 Å². The Kier molecular flexibility index (Phi) is 2.96. The molecule has 0 aliphatic heterocycles. The van der Waals surface area contributed by atoms with Crippen molar-refractivity contribution in [1.82, 2.24) is 0 Å². The first-order chi connectivity index (χ1) is 11.2. The van der Waals surface area contributed by atoms with Gasteiger partial charge in [-0.2, -0.15) is 0 Å². The fourth-order valence-corrected chi connectivity index (χ4v) is 10.0. The Morgan fingerprint density at radius 3 is 0.957 bits per heavy atom. The molecule has 0 aromatic carbocycles. The molecule has 0 N–H and O–H groups in total. The molecule has 0 aromatic rings. The molecular weight excluding hydrogens is 276 g/mol. The molecule has 0 heterocycles. The number of rotatable bonds is 4. The van der Waals surface area contributed by atoms with Gasteiger partial charge in [0.25, 0.3) is 0 Å². The zero-order chi connectivity index (χ0) is 15.1. The topological polar surface area (TPSA) is 0 Å². The lowest BCUT2D eigenvalue weighted by molar-refractivity contribution is -0.0741. The maximum absolute atomic E-state index is 1.64. The SMILES string of the molecule is C(CC12CC3CC(CC(C3)C1)C2)CC12CC3CC(CC(C3)C1)C2. The van der Waals surface area contributed by atoms with Gasteiger partial charge in [0.05, 0.1) is 0 Å². The summed E-state index contributed by atoms with van der Waals surface area (Å²) in [7, 11) is 0. The molecule has 8 bridgehead atoms. The van der Waals surface area contributed by atoms with Crippen LogP contribution in [0, 0.1) is 46.3 Å². The largest absolute Gasteiger partial charge is 0.0522 e. The number of hydrogen-bond donors (Lipinski definition) is 0. The standard InChI is InChI=1S/C23H36/c1(2-22-10-16-4-17(11-22)6-18(5-16)12-22)3-23-13-19-7-20(14-23)9-21(8-19)15-23/h16-21H,1-15H2. The summed E-state index contributed by atoms with van der Waals surface area (Å²) in [6.07, 6.45) is 24.4. The van der Waals surface area contributed by atoms with E-state index in [9.17, 15) is 0 Å². The van der Waals surface area contributed by atoms with Gasteiger partial charge in [-0.05, 0) is 136 Å². The molecule has 128 valence electrons. The third-order valence-corrected chi connectivity index (χ3v) is 9.74. The van der Waals surface area contributed by atoms with Crippen molar-refractivity contribution in [2.24, 2.45) is 46.3 Å². The molecule has 0 radical (unpaired) electrons. The van der Waals surface area contributed by atoms with E-state index >= 15 is 0 Å². The van der Waals surface area contributed by atoms with Crippen LogP contribution in [-0.4, -0.2) is 0 Å². The Morgan fingerprint density at radius 2 is 0.696 bits per heavy atom. The molecule has 0 spiro atoms. The van der Waals surface area contributed by atoms with E-state index in [1.807, 2.05) is 0 Å². The highest BCUT2D eigenvalue weighted by molar-refractivity contribution is 5.03. The van der Waals surface area contributed by atoms with Gasteiger partial charge in [0.1, 0.15) is 0 Å². The van der Waals surface area contributed by atoms with Gasteiger partial charge in [0.2, 0.25) is 0 Å². The van der Waals surface area contributed by atoms with E-state index in [0.717, 1.165) is 46.3 Å². The Balaban J connectivity index is 1.12. The molecular formula is C23H36. The molecule has 8 saturated carbocycles. The zero-order valence-electron chi connectivity index (χ0n) is 15.1. The fraction of sp³-hybridized carbons (Fsp3) is 1.00. The van der Waals surface area contributed by atoms with Crippen LogP contribution in [0.3, 0.4) is 0 Å². The van der Waals surface area contributed by atoms with E-state index in [-0.39, 0.29) is 0 Å². The van der Waals surface area contributed by atoms with Gasteiger partial charge in [0.15, 0.2) is 0 Å². The Hall–Kier alpha value is 0. The summed E-state index contributed by atoms with van der Waals surface area (Å²) in [5.41, 5.74) is 1.69. The van der Waals surface area contributed by atoms with Crippen LogP contribution in [0.5, 0.6) is 0 Å². The van der Waals surface area contributed by atoms with Crippen LogP contribution in [0.2, 0.25) is 0 Å². The first-order valence-electron chi connectivity index (χ1n) is 11.2. The van der Waals surface area contributed by atoms with Crippen LogP contribution >= 0.6 is 0 Å². The molecule has 8 aliphatic carbocycles. The lowest BCUT2D eigenvalue weighted by atomic mass is 9.47. The minimum Gasteiger partial charge on any atom is -0.0522 e. The minimum atomic E-state index is 0.844. The predicted molar refractivity (Wildman–Crippen MR) is 95.1 cm³/mol. The molecule has 8 aliphatic rings. The van der Waals surface area contributed by atoms with Crippen LogP contribution in [-0.2, 0) is 0 Å². The molecule has 0 amide bonds. The summed E-state index contributed by atoms with van der Waals surface area (Å²) in [5.74, 6) is 6.92. The van der Waals surface area contributed by atoms with Crippen LogP contribution in [0.1, 0.15) is 96.3 Å². The van der Waals surface area contributed by atoms with Crippen molar-refractivity contribution in [3.8, 4) is 0 Å². The average Bonchev–Trinajstić information content (AvgIpc) is 2.43. The van der Waals surface area contributed by atoms with E-state index in [2.05, 4.69) is 0 Å². The zero-order valence-corrected chi connectivity index (χ0v) is 15.1. The van der Waals surface area contributed by atoms with Gasteiger partial charge < -0.3 is 0 Å². The predicted octanol–water partition coefficient (Wildman–Crippen LogP) is 6.59. The Bertz CT molecular complexity index is 372. The van der Waals surface area contributed by atoms with Crippen molar-refractivity contribution in [3.05, 3.63) is 0 Å². The first-order valence-corrected chi connectivity index (χ1v) is 11.2. The molecule has 8 rings (SSSR count). The molecule has 0 nitrogen and oxygen atoms in total. The van der Waals surface area contributed by atoms with Crippen molar-refractivity contribution in [2.45, 2.75) is 96.3 Å². The lowest BCUT2D eigenvalue weighted by Gasteiger charge is -2.58. The second-order valence-corrected chi connectivity index (χ2v) is 11.7. The fourth-order valence-electron chi connectivity index (χ4n) is 10.0. The van der Waals surface area contributed by atoms with E-state index in [1.54, 1.807) is 96.3 Å². The lowest BCUT2D eigenvalue weighted by Crippen LogP contribution is -2.47. The highest BCUT2D eigenvalue weighted by atomic mass is 14.6. The van der Waals surface area contributed by atoms with E-state index < -0.39 is 0 Å². The monoisotopic (exact) mass is 312 g/mol. The molecule has 0 atom stereocenters. The number of hydrogen-bond acceptors (Lipinski definition) is 0. The van der Waals surface area contributed by atoms with Gasteiger partial charge >= 0.3 is 0 Å². The normalized spacial score (nSPS) is 59.0. The average molecular weight is 313 g/mol. The van der Waals surface area contributed by atoms with Crippen molar-refractivity contribution in [2.75, 3.05) is 0 Å². The summed E-state index contributed by atoms with van der Waals surface area (Å²) in [6.45, 7) is 0. The second kappa shape index (κ2) is 4.79. The van der Waals surface area contributed by atoms with Crippen molar-refractivity contribution >= 4 is 0 Å². The molecule has 0 aromatic heterocycles. The van der Waals surface area contributed by atoms with Crippen LogP contribution in [0.25, 0.3) is 0 Å². The highest BCUT2D eigenvalue weighted by Gasteiger charge is 2.52. The van der Waals surface area contributed by atoms with Crippen LogP contribution in [0.15, 0.2) is 0 Å². The summed E-state index contributed by atoms with van der Waals surface area (Å²) >= 11 is 0. The van der Waals surface area contributed by atoms with Crippen molar-refractivity contribution < 1.29 is 0 Å².